The molecule has 0 bridgehead atoms. The van der Waals surface area contributed by atoms with Crippen LogP contribution in [0.4, 0.5) is 4.79 Å². The van der Waals surface area contributed by atoms with Crippen molar-refractivity contribution in [1.82, 2.24) is 15.6 Å². The van der Waals surface area contributed by atoms with Gasteiger partial charge in [-0.05, 0) is 23.3 Å². The van der Waals surface area contributed by atoms with Gasteiger partial charge in [0, 0.05) is 23.3 Å². The van der Waals surface area contributed by atoms with Crippen molar-refractivity contribution in [1.29, 1.82) is 0 Å². The molecule has 3 amide bonds. The molecule has 0 aliphatic rings. The molecule has 1 aromatic carbocycles. The van der Waals surface area contributed by atoms with Gasteiger partial charge in [-0.2, -0.15) is 0 Å². The number of hydrogen-bond donors (Lipinski definition) is 3. The molecule has 0 spiro atoms. The molecule has 0 fully saturated rings. The second-order valence-electron chi connectivity index (χ2n) is 5.31. The summed E-state index contributed by atoms with van der Waals surface area (Å²) in [6, 6.07) is 9.70. The number of aromatic nitrogens is 1. The molecule has 1 heterocycles. The highest BCUT2D eigenvalue weighted by atomic mass is 79.9. The first-order chi connectivity index (χ1) is 12.0. The Bertz CT molecular complexity index is 737. The summed E-state index contributed by atoms with van der Waals surface area (Å²) in [6.07, 6.45) is 1.70. The van der Waals surface area contributed by atoms with Crippen LogP contribution < -0.4 is 21.1 Å². The standard InChI is InChI=1S/C17H19BrN4O3/c1-25-16-6-5-11(10-21-16)9-20-15(23)8-14(22-17(19)24)12-3-2-4-13(18)7-12/h2-7,10,14H,8-9H2,1H3,(H,20,23)(H3,19,22,24). The highest BCUT2D eigenvalue weighted by Crippen LogP contribution is 2.21. The third kappa shape index (κ3) is 6.07. The lowest BCUT2D eigenvalue weighted by Gasteiger charge is -2.18. The topological polar surface area (TPSA) is 106 Å². The van der Waals surface area contributed by atoms with Crippen molar-refractivity contribution in [3.05, 3.63) is 58.2 Å². The van der Waals surface area contributed by atoms with Gasteiger partial charge in [0.15, 0.2) is 0 Å². The molecule has 0 saturated heterocycles. The number of carbonyl (C=O) groups is 2. The van der Waals surface area contributed by atoms with E-state index < -0.39 is 12.1 Å². The number of nitrogens with one attached hydrogen (secondary N) is 2. The molecule has 2 aromatic rings. The van der Waals surface area contributed by atoms with Crippen LogP contribution in [0.2, 0.25) is 0 Å². The van der Waals surface area contributed by atoms with Crippen LogP contribution in [0.1, 0.15) is 23.6 Å². The predicted molar refractivity (Wildman–Crippen MR) is 96.9 cm³/mol. The number of nitrogens with two attached hydrogens (primary N) is 1. The van der Waals surface area contributed by atoms with E-state index >= 15 is 0 Å². The Morgan fingerprint density at radius 2 is 2.12 bits per heavy atom. The van der Waals surface area contributed by atoms with Gasteiger partial charge in [0.2, 0.25) is 11.8 Å². The SMILES string of the molecule is COc1ccc(CNC(=O)CC(NC(N)=O)c2cccc(Br)c2)cn1. The number of nitrogens with zero attached hydrogens (tertiary/aromatic N) is 1. The Hall–Kier alpha value is -2.61. The number of pyridine rings is 1. The molecule has 25 heavy (non-hydrogen) atoms. The van der Waals surface area contributed by atoms with Crippen molar-refractivity contribution in [2.24, 2.45) is 5.73 Å². The number of rotatable bonds is 7. The van der Waals surface area contributed by atoms with E-state index in [9.17, 15) is 9.59 Å². The van der Waals surface area contributed by atoms with E-state index in [4.69, 9.17) is 10.5 Å². The molecule has 4 N–H and O–H groups in total. The summed E-state index contributed by atoms with van der Waals surface area (Å²) in [5.41, 5.74) is 6.85. The van der Waals surface area contributed by atoms with Crippen molar-refractivity contribution in [2.75, 3.05) is 7.11 Å². The van der Waals surface area contributed by atoms with Crippen LogP contribution in [0.3, 0.4) is 0 Å². The van der Waals surface area contributed by atoms with Crippen molar-refractivity contribution in [3.8, 4) is 5.88 Å². The Labute approximate surface area is 154 Å². The first kappa shape index (κ1) is 18.7. The van der Waals surface area contributed by atoms with Crippen LogP contribution in [0.15, 0.2) is 47.1 Å². The lowest BCUT2D eigenvalue weighted by atomic mass is 10.0. The van der Waals surface area contributed by atoms with Crippen LogP contribution in [-0.2, 0) is 11.3 Å². The maximum atomic E-state index is 12.2. The number of methoxy groups -OCH3 is 1. The van der Waals surface area contributed by atoms with E-state index in [0.717, 1.165) is 15.6 Å². The number of halogens is 1. The van der Waals surface area contributed by atoms with Crippen LogP contribution >= 0.6 is 15.9 Å². The Balaban J connectivity index is 1.97. The summed E-state index contributed by atoms with van der Waals surface area (Å²) in [5.74, 6) is 0.296. The monoisotopic (exact) mass is 406 g/mol. The number of hydrogen-bond acceptors (Lipinski definition) is 4. The highest BCUT2D eigenvalue weighted by molar-refractivity contribution is 9.10. The third-order valence-corrected chi connectivity index (χ3v) is 3.95. The molecular formula is C17H19BrN4O3. The Kier molecular flexibility index (Phi) is 6.76. The molecule has 0 aliphatic carbocycles. The number of urea groups is 1. The fourth-order valence-corrected chi connectivity index (χ4v) is 2.66. The molecule has 1 unspecified atom stereocenters. The first-order valence-electron chi connectivity index (χ1n) is 7.55. The number of benzene rings is 1. The van der Waals surface area contributed by atoms with Gasteiger partial charge in [-0.25, -0.2) is 9.78 Å². The number of carbonyl (C=O) groups excluding carboxylic acids is 2. The van der Waals surface area contributed by atoms with E-state index in [2.05, 4.69) is 31.5 Å². The van der Waals surface area contributed by atoms with Crippen molar-refractivity contribution in [2.45, 2.75) is 19.0 Å². The quantitative estimate of drug-likeness (QED) is 0.655. The zero-order valence-corrected chi connectivity index (χ0v) is 15.2. The summed E-state index contributed by atoms with van der Waals surface area (Å²) < 4.78 is 5.84. The average molecular weight is 407 g/mol. The maximum Gasteiger partial charge on any atom is 0.312 e. The minimum atomic E-state index is -0.683. The molecule has 1 atom stereocenters. The molecule has 132 valence electrons. The predicted octanol–water partition coefficient (Wildman–Crippen LogP) is 2.27. The molecule has 0 aliphatic heterocycles. The summed E-state index contributed by atoms with van der Waals surface area (Å²) in [5, 5.41) is 5.40. The van der Waals surface area contributed by atoms with Gasteiger partial charge in [-0.15, -0.1) is 0 Å². The summed E-state index contributed by atoms with van der Waals surface area (Å²) in [4.78, 5) is 27.5. The number of ether oxygens (including phenoxy) is 1. The van der Waals surface area contributed by atoms with E-state index in [1.807, 2.05) is 30.3 Å². The van der Waals surface area contributed by atoms with Gasteiger partial charge in [-0.3, -0.25) is 4.79 Å². The highest BCUT2D eigenvalue weighted by Gasteiger charge is 2.17. The molecule has 2 rings (SSSR count). The van der Waals surface area contributed by atoms with Crippen LogP contribution in [0.25, 0.3) is 0 Å². The maximum absolute atomic E-state index is 12.2. The van der Waals surface area contributed by atoms with E-state index in [0.29, 0.717) is 12.4 Å². The van der Waals surface area contributed by atoms with Gasteiger partial charge in [0.25, 0.3) is 0 Å². The molecule has 0 radical (unpaired) electrons. The minimum Gasteiger partial charge on any atom is -0.481 e. The smallest absolute Gasteiger partial charge is 0.312 e. The Morgan fingerprint density at radius 1 is 1.32 bits per heavy atom. The normalized spacial score (nSPS) is 11.4. The molecular weight excluding hydrogens is 388 g/mol. The zero-order chi connectivity index (χ0) is 18.2. The summed E-state index contributed by atoms with van der Waals surface area (Å²) in [7, 11) is 1.54. The van der Waals surface area contributed by atoms with Gasteiger partial charge in [-0.1, -0.05) is 34.1 Å². The van der Waals surface area contributed by atoms with E-state index in [1.165, 1.54) is 7.11 Å². The first-order valence-corrected chi connectivity index (χ1v) is 8.34. The summed E-state index contributed by atoms with van der Waals surface area (Å²) >= 11 is 3.37. The lowest BCUT2D eigenvalue weighted by Crippen LogP contribution is -2.36. The van der Waals surface area contributed by atoms with E-state index in [-0.39, 0.29) is 12.3 Å². The van der Waals surface area contributed by atoms with E-state index in [1.54, 1.807) is 12.3 Å². The van der Waals surface area contributed by atoms with Crippen LogP contribution in [0.5, 0.6) is 5.88 Å². The number of primary amides is 1. The van der Waals surface area contributed by atoms with Crippen molar-refractivity contribution in [3.63, 3.8) is 0 Å². The van der Waals surface area contributed by atoms with Gasteiger partial charge < -0.3 is 21.1 Å². The van der Waals surface area contributed by atoms with Crippen LogP contribution in [0, 0.1) is 0 Å². The third-order valence-electron chi connectivity index (χ3n) is 3.45. The van der Waals surface area contributed by atoms with Crippen molar-refractivity contribution >= 4 is 27.9 Å². The molecule has 7 nitrogen and oxygen atoms in total. The number of amides is 3. The Morgan fingerprint density at radius 3 is 2.72 bits per heavy atom. The van der Waals surface area contributed by atoms with Gasteiger partial charge in [0.1, 0.15) is 0 Å². The molecule has 8 heteroatoms. The van der Waals surface area contributed by atoms with Crippen molar-refractivity contribution < 1.29 is 14.3 Å². The second-order valence-corrected chi connectivity index (χ2v) is 6.22. The largest absolute Gasteiger partial charge is 0.481 e. The summed E-state index contributed by atoms with van der Waals surface area (Å²) in [6.45, 7) is 0.331. The van der Waals surface area contributed by atoms with Crippen LogP contribution in [-0.4, -0.2) is 24.0 Å². The fraction of sp³-hybridized carbons (Fsp3) is 0.235. The second kappa shape index (κ2) is 9.03. The minimum absolute atomic E-state index is 0.0724. The molecule has 0 saturated carbocycles. The fourth-order valence-electron chi connectivity index (χ4n) is 2.24. The molecule has 1 aromatic heterocycles. The van der Waals surface area contributed by atoms with Gasteiger partial charge in [0.05, 0.1) is 19.6 Å². The lowest BCUT2D eigenvalue weighted by molar-refractivity contribution is -0.121. The zero-order valence-electron chi connectivity index (χ0n) is 13.7. The average Bonchev–Trinajstić information content (AvgIpc) is 2.59. The van der Waals surface area contributed by atoms with Gasteiger partial charge >= 0.3 is 6.03 Å².